The first kappa shape index (κ1) is 14.9. The van der Waals surface area contributed by atoms with Gasteiger partial charge in [0.2, 0.25) is 0 Å². The first-order valence-electron chi connectivity index (χ1n) is 7.04. The Morgan fingerprint density at radius 3 is 2.33 bits per heavy atom. The molecule has 0 radical (unpaired) electrons. The molecule has 3 heteroatoms. The van der Waals surface area contributed by atoms with Crippen LogP contribution in [0.1, 0.15) is 37.3 Å². The normalized spacial score (nSPS) is 11.5. The summed E-state index contributed by atoms with van der Waals surface area (Å²) in [6.07, 6.45) is 1.00. The van der Waals surface area contributed by atoms with Gasteiger partial charge in [0.05, 0.1) is 18.7 Å². The predicted molar refractivity (Wildman–Crippen MR) is 82.9 cm³/mol. The van der Waals surface area contributed by atoms with Gasteiger partial charge in [-0.3, -0.25) is 0 Å². The second kappa shape index (κ2) is 6.81. The fourth-order valence-electron chi connectivity index (χ4n) is 2.21. The molecule has 0 fully saturated rings. The van der Waals surface area contributed by atoms with Crippen LogP contribution in [0, 0.1) is 11.3 Å². The van der Waals surface area contributed by atoms with Gasteiger partial charge in [0.25, 0.3) is 0 Å². The van der Waals surface area contributed by atoms with E-state index in [9.17, 15) is 0 Å². The van der Waals surface area contributed by atoms with Crippen LogP contribution in [0.4, 0.5) is 0 Å². The molecule has 3 nitrogen and oxygen atoms in total. The molecule has 0 aliphatic carbocycles. The first-order valence-corrected chi connectivity index (χ1v) is 7.04. The van der Waals surface area contributed by atoms with E-state index in [1.54, 1.807) is 31.4 Å². The molecule has 0 spiro atoms. The fourth-order valence-corrected chi connectivity index (χ4v) is 2.21. The van der Waals surface area contributed by atoms with Crippen LogP contribution in [-0.2, 0) is 0 Å². The van der Waals surface area contributed by atoms with Gasteiger partial charge in [0.15, 0.2) is 0 Å². The van der Waals surface area contributed by atoms with Crippen LogP contribution >= 0.6 is 0 Å². The third kappa shape index (κ3) is 3.35. The zero-order chi connectivity index (χ0) is 15.2. The Hall–Kier alpha value is -2.47. The molecule has 2 aromatic rings. The Bertz CT molecular complexity index is 641. The van der Waals surface area contributed by atoms with Gasteiger partial charge in [-0.15, -0.1) is 0 Å². The van der Waals surface area contributed by atoms with Gasteiger partial charge in [-0.1, -0.05) is 19.9 Å². The topological polar surface area (TPSA) is 42.2 Å². The van der Waals surface area contributed by atoms with Crippen molar-refractivity contribution in [1.82, 2.24) is 0 Å². The molecular formula is C18H19NO2. The van der Waals surface area contributed by atoms with Crippen molar-refractivity contribution in [2.45, 2.75) is 26.2 Å². The molecule has 0 aliphatic heterocycles. The van der Waals surface area contributed by atoms with Crippen molar-refractivity contribution >= 4 is 0 Å². The molecule has 0 aliphatic rings. The van der Waals surface area contributed by atoms with Crippen LogP contribution in [0.5, 0.6) is 17.2 Å². The average Bonchev–Trinajstić information content (AvgIpc) is 2.54. The summed E-state index contributed by atoms with van der Waals surface area (Å²) in [5.41, 5.74) is 1.70. The molecule has 0 N–H and O–H groups in total. The Morgan fingerprint density at radius 2 is 1.76 bits per heavy atom. The van der Waals surface area contributed by atoms with E-state index in [0.717, 1.165) is 23.5 Å². The maximum Gasteiger partial charge on any atom is 0.134 e. The van der Waals surface area contributed by atoms with Crippen molar-refractivity contribution < 1.29 is 9.47 Å². The number of hydrogen-bond donors (Lipinski definition) is 0. The van der Waals surface area contributed by atoms with Crippen LogP contribution < -0.4 is 9.47 Å². The van der Waals surface area contributed by atoms with Gasteiger partial charge in [-0.05, 0) is 48.7 Å². The van der Waals surface area contributed by atoms with Gasteiger partial charge in [-0.25, -0.2) is 0 Å². The van der Waals surface area contributed by atoms with E-state index >= 15 is 0 Å². The van der Waals surface area contributed by atoms with Crippen molar-refractivity contribution in [1.29, 1.82) is 5.26 Å². The summed E-state index contributed by atoms with van der Waals surface area (Å²) >= 11 is 0. The standard InChI is InChI=1S/C18H19NO2/c1-4-13(2)18-16(20-3)6-5-7-17(18)21-15-10-8-14(12-19)9-11-15/h5-11,13H,4H2,1-3H3/t13-/m0/s1. The van der Waals surface area contributed by atoms with E-state index in [1.165, 1.54) is 0 Å². The summed E-state index contributed by atoms with van der Waals surface area (Å²) in [5.74, 6) is 2.70. The number of benzene rings is 2. The Labute approximate surface area is 125 Å². The highest BCUT2D eigenvalue weighted by Gasteiger charge is 2.16. The molecule has 0 heterocycles. The molecule has 0 amide bonds. The molecule has 21 heavy (non-hydrogen) atoms. The minimum atomic E-state index is 0.342. The minimum absolute atomic E-state index is 0.342. The summed E-state index contributed by atoms with van der Waals surface area (Å²) in [4.78, 5) is 0. The second-order valence-corrected chi connectivity index (χ2v) is 4.92. The monoisotopic (exact) mass is 281 g/mol. The highest BCUT2D eigenvalue weighted by Crippen LogP contribution is 2.38. The lowest BCUT2D eigenvalue weighted by Gasteiger charge is -2.18. The molecule has 0 unspecified atom stereocenters. The third-order valence-corrected chi connectivity index (χ3v) is 3.56. The van der Waals surface area contributed by atoms with Gasteiger partial charge in [0, 0.05) is 5.56 Å². The maximum atomic E-state index is 8.83. The van der Waals surface area contributed by atoms with Crippen LogP contribution in [0.2, 0.25) is 0 Å². The molecule has 108 valence electrons. The third-order valence-electron chi connectivity index (χ3n) is 3.56. The van der Waals surface area contributed by atoms with E-state index < -0.39 is 0 Å². The summed E-state index contributed by atoms with van der Waals surface area (Å²) in [6, 6.07) is 15.0. The van der Waals surface area contributed by atoms with Crippen molar-refractivity contribution in [2.75, 3.05) is 7.11 Å². The number of nitriles is 1. The summed E-state index contributed by atoms with van der Waals surface area (Å²) in [6.45, 7) is 4.30. The predicted octanol–water partition coefficient (Wildman–Crippen LogP) is 4.87. The van der Waals surface area contributed by atoms with E-state index in [2.05, 4.69) is 19.9 Å². The van der Waals surface area contributed by atoms with E-state index in [1.807, 2.05) is 18.2 Å². The van der Waals surface area contributed by atoms with Gasteiger partial charge in [-0.2, -0.15) is 5.26 Å². The van der Waals surface area contributed by atoms with E-state index in [0.29, 0.717) is 17.2 Å². The van der Waals surface area contributed by atoms with Gasteiger partial charge in [0.1, 0.15) is 17.2 Å². The fraction of sp³-hybridized carbons (Fsp3) is 0.278. The number of rotatable bonds is 5. The largest absolute Gasteiger partial charge is 0.496 e. The quantitative estimate of drug-likeness (QED) is 0.785. The molecule has 0 bridgehead atoms. The average molecular weight is 281 g/mol. The molecule has 1 atom stereocenters. The highest BCUT2D eigenvalue weighted by molar-refractivity contribution is 5.49. The van der Waals surface area contributed by atoms with Gasteiger partial charge < -0.3 is 9.47 Å². The number of hydrogen-bond acceptors (Lipinski definition) is 3. The maximum absolute atomic E-state index is 8.83. The lowest BCUT2D eigenvalue weighted by molar-refractivity contribution is 0.396. The van der Waals surface area contributed by atoms with Crippen LogP contribution in [0.3, 0.4) is 0 Å². The lowest BCUT2D eigenvalue weighted by atomic mass is 9.96. The summed E-state index contributed by atoms with van der Waals surface area (Å²) < 4.78 is 11.4. The molecule has 2 aromatic carbocycles. The lowest BCUT2D eigenvalue weighted by Crippen LogP contribution is -2.00. The highest BCUT2D eigenvalue weighted by atomic mass is 16.5. The zero-order valence-corrected chi connectivity index (χ0v) is 12.6. The first-order chi connectivity index (χ1) is 10.2. The summed E-state index contributed by atoms with van der Waals surface area (Å²) in [7, 11) is 1.67. The van der Waals surface area contributed by atoms with Gasteiger partial charge >= 0.3 is 0 Å². The summed E-state index contributed by atoms with van der Waals surface area (Å²) in [5, 5.41) is 8.83. The van der Waals surface area contributed by atoms with Crippen molar-refractivity contribution in [3.8, 4) is 23.3 Å². The van der Waals surface area contributed by atoms with E-state index in [4.69, 9.17) is 14.7 Å². The van der Waals surface area contributed by atoms with Crippen molar-refractivity contribution in [2.24, 2.45) is 0 Å². The zero-order valence-electron chi connectivity index (χ0n) is 12.6. The van der Waals surface area contributed by atoms with Crippen molar-refractivity contribution in [3.63, 3.8) is 0 Å². The second-order valence-electron chi connectivity index (χ2n) is 4.92. The Morgan fingerprint density at radius 1 is 1.10 bits per heavy atom. The smallest absolute Gasteiger partial charge is 0.134 e. The van der Waals surface area contributed by atoms with Crippen LogP contribution in [-0.4, -0.2) is 7.11 Å². The minimum Gasteiger partial charge on any atom is -0.496 e. The van der Waals surface area contributed by atoms with E-state index in [-0.39, 0.29) is 0 Å². The molecule has 0 saturated heterocycles. The van der Waals surface area contributed by atoms with Crippen LogP contribution in [0.25, 0.3) is 0 Å². The number of nitrogens with zero attached hydrogens (tertiary/aromatic N) is 1. The number of ether oxygens (including phenoxy) is 2. The molecule has 2 rings (SSSR count). The number of methoxy groups -OCH3 is 1. The molecule has 0 saturated carbocycles. The SMILES string of the molecule is CC[C@H](C)c1c(OC)cccc1Oc1ccc(C#N)cc1. The molecular weight excluding hydrogens is 262 g/mol. The Balaban J connectivity index is 2.36. The Kier molecular flexibility index (Phi) is 4.84. The van der Waals surface area contributed by atoms with Crippen molar-refractivity contribution in [3.05, 3.63) is 53.6 Å². The molecule has 0 aromatic heterocycles. The van der Waals surface area contributed by atoms with Crippen LogP contribution in [0.15, 0.2) is 42.5 Å².